The summed E-state index contributed by atoms with van der Waals surface area (Å²) in [5.41, 5.74) is 2.05. The molecule has 0 radical (unpaired) electrons. The Bertz CT molecular complexity index is 919. The van der Waals surface area contributed by atoms with E-state index in [1.807, 2.05) is 12.1 Å². The Morgan fingerprint density at radius 1 is 0.970 bits per heavy atom. The van der Waals surface area contributed by atoms with Crippen molar-refractivity contribution in [2.45, 2.75) is 32.2 Å². The molecule has 0 bridgehead atoms. The minimum Gasteiger partial charge on any atom is -0.378 e. The topological polar surface area (TPSA) is 95.0 Å². The van der Waals surface area contributed by atoms with Crippen LogP contribution in [-0.4, -0.2) is 85.8 Å². The number of rotatable bonds is 8. The molecule has 0 aromatic carbocycles. The average molecular weight is 457 g/mol. The molecule has 3 aliphatic heterocycles. The maximum atomic E-state index is 6.01. The predicted octanol–water partition coefficient (Wildman–Crippen LogP) is 1.45. The quantitative estimate of drug-likeness (QED) is 0.581. The highest BCUT2D eigenvalue weighted by molar-refractivity contribution is 5.37. The van der Waals surface area contributed by atoms with Crippen molar-refractivity contribution in [3.8, 4) is 0 Å². The van der Waals surface area contributed by atoms with Crippen LogP contribution in [0.4, 0.5) is 11.9 Å². The second-order valence-corrected chi connectivity index (χ2v) is 9.05. The third-order valence-corrected chi connectivity index (χ3v) is 6.52. The van der Waals surface area contributed by atoms with Crippen molar-refractivity contribution in [2.75, 3.05) is 69.5 Å². The zero-order valence-corrected chi connectivity index (χ0v) is 19.2. The van der Waals surface area contributed by atoms with Gasteiger partial charge in [0, 0.05) is 57.7 Å². The first-order valence-corrected chi connectivity index (χ1v) is 11.6. The summed E-state index contributed by atoms with van der Waals surface area (Å²) in [5.74, 6) is 1.54. The molecule has 0 aliphatic carbocycles. The number of ether oxygens (including phenoxy) is 4. The minimum absolute atomic E-state index is 0.0993. The molecule has 10 heteroatoms. The Kier molecular flexibility index (Phi) is 6.96. The highest BCUT2D eigenvalue weighted by atomic mass is 16.5. The van der Waals surface area contributed by atoms with Crippen molar-refractivity contribution in [3.63, 3.8) is 0 Å². The van der Waals surface area contributed by atoms with E-state index in [1.165, 1.54) is 0 Å². The molecule has 3 fully saturated rings. The third-order valence-electron chi connectivity index (χ3n) is 6.52. The first kappa shape index (κ1) is 22.4. The van der Waals surface area contributed by atoms with Crippen molar-refractivity contribution < 1.29 is 18.9 Å². The molecule has 1 unspecified atom stereocenters. The summed E-state index contributed by atoms with van der Waals surface area (Å²) in [6, 6.07) is 3.81. The first-order valence-electron chi connectivity index (χ1n) is 11.6. The zero-order valence-electron chi connectivity index (χ0n) is 19.2. The molecule has 10 nitrogen and oxygen atoms in total. The highest BCUT2D eigenvalue weighted by Crippen LogP contribution is 2.43. The van der Waals surface area contributed by atoms with E-state index < -0.39 is 0 Å². The maximum absolute atomic E-state index is 6.01. The van der Waals surface area contributed by atoms with Crippen molar-refractivity contribution in [3.05, 3.63) is 35.9 Å². The van der Waals surface area contributed by atoms with Crippen molar-refractivity contribution in [2.24, 2.45) is 5.41 Å². The lowest BCUT2D eigenvalue weighted by Crippen LogP contribution is -2.60. The van der Waals surface area contributed by atoms with Crippen LogP contribution < -0.4 is 9.80 Å². The van der Waals surface area contributed by atoms with Gasteiger partial charge in [-0.2, -0.15) is 0 Å². The van der Waals surface area contributed by atoms with Crippen LogP contribution in [0, 0.1) is 5.41 Å². The Hall–Kier alpha value is -2.40. The summed E-state index contributed by atoms with van der Waals surface area (Å²) in [5, 5.41) is 0. The SMILES string of the molecule is COCc1ccnc(N2CC3(CCOC(COCc4ccnc(N5CCOCC5)n4)C3)C2)n1. The van der Waals surface area contributed by atoms with Crippen LogP contribution in [0.15, 0.2) is 24.5 Å². The number of aromatic nitrogens is 4. The van der Waals surface area contributed by atoms with Crippen LogP contribution >= 0.6 is 0 Å². The van der Waals surface area contributed by atoms with Crippen LogP contribution in [0.2, 0.25) is 0 Å². The molecule has 3 aliphatic rings. The molecule has 0 saturated carbocycles. The number of morpholine rings is 1. The van der Waals surface area contributed by atoms with Crippen LogP contribution in [-0.2, 0) is 32.2 Å². The summed E-state index contributed by atoms with van der Waals surface area (Å²) in [6.45, 7) is 7.28. The second-order valence-electron chi connectivity index (χ2n) is 9.05. The molecular formula is C23H32N6O4. The fraction of sp³-hybridized carbons (Fsp3) is 0.652. The number of methoxy groups -OCH3 is 1. The van der Waals surface area contributed by atoms with E-state index in [0.29, 0.717) is 33.0 Å². The first-order chi connectivity index (χ1) is 16.2. The molecule has 178 valence electrons. The average Bonchev–Trinajstić information content (AvgIpc) is 2.84. The van der Waals surface area contributed by atoms with Crippen LogP contribution in [0.3, 0.4) is 0 Å². The second kappa shape index (κ2) is 10.3. The van der Waals surface area contributed by atoms with E-state index >= 15 is 0 Å². The van der Waals surface area contributed by atoms with Crippen molar-refractivity contribution in [1.82, 2.24) is 19.9 Å². The minimum atomic E-state index is 0.0993. The van der Waals surface area contributed by atoms with Gasteiger partial charge < -0.3 is 28.7 Å². The van der Waals surface area contributed by atoms with Gasteiger partial charge in [0.25, 0.3) is 0 Å². The fourth-order valence-corrected chi connectivity index (χ4v) is 4.83. The Labute approximate surface area is 194 Å². The lowest BCUT2D eigenvalue weighted by molar-refractivity contribution is -0.0949. The largest absolute Gasteiger partial charge is 0.378 e. The molecule has 2 aromatic rings. The smallest absolute Gasteiger partial charge is 0.225 e. The van der Waals surface area contributed by atoms with E-state index in [2.05, 4.69) is 29.7 Å². The van der Waals surface area contributed by atoms with Crippen molar-refractivity contribution >= 4 is 11.9 Å². The molecule has 5 rings (SSSR count). The lowest BCUT2D eigenvalue weighted by atomic mass is 9.71. The van der Waals surface area contributed by atoms with Crippen molar-refractivity contribution in [1.29, 1.82) is 0 Å². The molecule has 2 aromatic heterocycles. The Balaban J connectivity index is 1.10. The maximum Gasteiger partial charge on any atom is 0.225 e. The van der Waals surface area contributed by atoms with Gasteiger partial charge in [-0.15, -0.1) is 0 Å². The van der Waals surface area contributed by atoms with Gasteiger partial charge in [-0.1, -0.05) is 0 Å². The van der Waals surface area contributed by atoms with Gasteiger partial charge in [0.2, 0.25) is 11.9 Å². The molecule has 1 atom stereocenters. The summed E-state index contributed by atoms with van der Waals surface area (Å²) < 4.78 is 22.6. The summed E-state index contributed by atoms with van der Waals surface area (Å²) in [6.07, 6.45) is 5.76. The van der Waals surface area contributed by atoms with E-state index in [-0.39, 0.29) is 11.5 Å². The predicted molar refractivity (Wildman–Crippen MR) is 121 cm³/mol. The van der Waals surface area contributed by atoms with Crippen LogP contribution in [0.25, 0.3) is 0 Å². The van der Waals surface area contributed by atoms with Gasteiger partial charge in [-0.25, -0.2) is 19.9 Å². The molecular weight excluding hydrogens is 424 g/mol. The van der Waals surface area contributed by atoms with Crippen LogP contribution in [0.1, 0.15) is 24.2 Å². The molecule has 33 heavy (non-hydrogen) atoms. The number of hydrogen-bond acceptors (Lipinski definition) is 10. The number of anilines is 2. The Morgan fingerprint density at radius 2 is 1.67 bits per heavy atom. The van der Waals surface area contributed by atoms with Gasteiger partial charge in [0.1, 0.15) is 0 Å². The highest BCUT2D eigenvalue weighted by Gasteiger charge is 2.47. The number of hydrogen-bond donors (Lipinski definition) is 0. The van der Waals surface area contributed by atoms with E-state index in [0.717, 1.165) is 68.9 Å². The normalized spacial score (nSPS) is 22.4. The summed E-state index contributed by atoms with van der Waals surface area (Å²) >= 11 is 0. The Morgan fingerprint density at radius 3 is 2.39 bits per heavy atom. The third kappa shape index (κ3) is 5.40. The van der Waals surface area contributed by atoms with Gasteiger partial charge >= 0.3 is 0 Å². The molecule has 0 N–H and O–H groups in total. The lowest BCUT2D eigenvalue weighted by Gasteiger charge is -2.53. The molecule has 0 amide bonds. The fourth-order valence-electron chi connectivity index (χ4n) is 4.83. The monoisotopic (exact) mass is 456 g/mol. The van der Waals surface area contributed by atoms with Gasteiger partial charge in [0.15, 0.2) is 0 Å². The zero-order chi connectivity index (χ0) is 22.5. The van der Waals surface area contributed by atoms with E-state index in [4.69, 9.17) is 18.9 Å². The van der Waals surface area contributed by atoms with Gasteiger partial charge in [-0.05, 0) is 25.0 Å². The van der Waals surface area contributed by atoms with E-state index in [1.54, 1.807) is 19.5 Å². The molecule has 1 spiro atoms. The summed E-state index contributed by atoms with van der Waals surface area (Å²) in [4.78, 5) is 22.5. The van der Waals surface area contributed by atoms with Crippen LogP contribution in [0.5, 0.6) is 0 Å². The van der Waals surface area contributed by atoms with E-state index in [9.17, 15) is 0 Å². The van der Waals surface area contributed by atoms with Gasteiger partial charge in [-0.3, -0.25) is 0 Å². The van der Waals surface area contributed by atoms with Gasteiger partial charge in [0.05, 0.1) is 50.5 Å². The summed E-state index contributed by atoms with van der Waals surface area (Å²) in [7, 11) is 1.68. The molecule has 5 heterocycles. The standard InChI is InChI=1S/C23H32N6O4/c1-30-13-18-2-5-25-22(26-18)29-16-23(17-29)4-9-33-20(12-23)15-32-14-19-3-6-24-21(27-19)28-7-10-31-11-8-28/h2-3,5-6,20H,4,7-17H2,1H3. The number of nitrogens with zero attached hydrogens (tertiary/aromatic N) is 6. The molecule has 3 saturated heterocycles.